The number of aryl methyl sites for hydroxylation is 2. The molecule has 1 aromatic heterocycles. The molecule has 1 N–H and O–H groups in total. The first-order valence-electron chi connectivity index (χ1n) is 9.63. The normalized spacial score (nSPS) is 15.1. The number of benzene rings is 1. The number of ether oxygens (including phenoxy) is 2. The molecule has 3 rings (SSSR count). The number of rotatable bonds is 8. The first-order valence-corrected chi connectivity index (χ1v) is 9.63. The van der Waals surface area contributed by atoms with E-state index in [1.165, 1.54) is 12.8 Å². The van der Waals surface area contributed by atoms with E-state index in [4.69, 9.17) is 9.47 Å². The Hall–Kier alpha value is -2.85. The molecule has 1 aliphatic rings. The van der Waals surface area contributed by atoms with E-state index in [1.54, 1.807) is 7.11 Å². The number of nitrogens with one attached hydrogen (secondary N) is 1. The van der Waals surface area contributed by atoms with E-state index in [2.05, 4.69) is 26.3 Å². The monoisotopic (exact) mass is 381 g/mol. The van der Waals surface area contributed by atoms with Crippen LogP contribution in [0, 0.1) is 25.2 Å². The fraction of sp³-hybridized carbons (Fsp3) is 0.476. The van der Waals surface area contributed by atoms with Crippen LogP contribution in [0.2, 0.25) is 0 Å². The molecular weight excluding hydrogens is 354 g/mol. The van der Waals surface area contributed by atoms with Crippen molar-refractivity contribution in [1.29, 1.82) is 5.26 Å². The van der Waals surface area contributed by atoms with Gasteiger partial charge in [-0.15, -0.1) is 0 Å². The van der Waals surface area contributed by atoms with Crippen molar-refractivity contribution in [1.82, 2.24) is 14.9 Å². The third kappa shape index (κ3) is 5.33. The second kappa shape index (κ2) is 9.38. The molecule has 1 atom stereocenters. The molecule has 2 heterocycles. The number of hydrogen-bond donors (Lipinski definition) is 1. The smallest absolute Gasteiger partial charge is 0.227 e. The van der Waals surface area contributed by atoms with Gasteiger partial charge in [0.25, 0.3) is 0 Å². The average Bonchev–Trinajstić information content (AvgIpc) is 3.18. The van der Waals surface area contributed by atoms with Gasteiger partial charge in [-0.2, -0.15) is 5.26 Å². The maximum atomic E-state index is 9.52. The summed E-state index contributed by atoms with van der Waals surface area (Å²) in [5.74, 6) is 1.65. The number of nitrogens with zero attached hydrogens (tertiary/aromatic N) is 4. The summed E-state index contributed by atoms with van der Waals surface area (Å²) in [5, 5.41) is 12.7. The second-order valence-electron chi connectivity index (χ2n) is 7.04. The van der Waals surface area contributed by atoms with Gasteiger partial charge in [-0.05, 0) is 58.0 Å². The van der Waals surface area contributed by atoms with Gasteiger partial charge in [-0.3, -0.25) is 0 Å². The molecule has 28 heavy (non-hydrogen) atoms. The van der Waals surface area contributed by atoms with Gasteiger partial charge in [0.15, 0.2) is 17.6 Å². The van der Waals surface area contributed by atoms with Gasteiger partial charge in [0.05, 0.1) is 7.11 Å². The van der Waals surface area contributed by atoms with Crippen molar-refractivity contribution >= 4 is 11.6 Å². The van der Waals surface area contributed by atoms with Crippen molar-refractivity contribution in [2.45, 2.75) is 39.2 Å². The molecule has 7 nitrogen and oxygen atoms in total. The number of likely N-dealkylation sites (tertiary alicyclic amines) is 1. The fourth-order valence-corrected chi connectivity index (χ4v) is 3.37. The van der Waals surface area contributed by atoms with Gasteiger partial charge in [0.2, 0.25) is 5.95 Å². The molecule has 1 unspecified atom stereocenters. The summed E-state index contributed by atoms with van der Waals surface area (Å²) in [6.07, 6.45) is 2.61. The zero-order chi connectivity index (χ0) is 19.9. The van der Waals surface area contributed by atoms with Gasteiger partial charge in [0, 0.05) is 36.1 Å². The minimum atomic E-state index is -0.526. The van der Waals surface area contributed by atoms with Crippen LogP contribution in [0.25, 0.3) is 0 Å². The highest BCUT2D eigenvalue weighted by Gasteiger charge is 2.17. The molecule has 148 valence electrons. The lowest BCUT2D eigenvalue weighted by atomic mass is 10.2. The lowest BCUT2D eigenvalue weighted by molar-refractivity contribution is 0.207. The van der Waals surface area contributed by atoms with Crippen molar-refractivity contribution in [3.63, 3.8) is 0 Å². The van der Waals surface area contributed by atoms with Crippen molar-refractivity contribution in [2.75, 3.05) is 32.1 Å². The van der Waals surface area contributed by atoms with Gasteiger partial charge in [-0.1, -0.05) is 0 Å². The molecule has 1 saturated heterocycles. The van der Waals surface area contributed by atoms with E-state index in [0.717, 1.165) is 36.7 Å². The molecule has 1 aromatic carbocycles. The van der Waals surface area contributed by atoms with Crippen LogP contribution < -0.4 is 14.8 Å². The summed E-state index contributed by atoms with van der Waals surface area (Å²) in [6.45, 7) is 6.95. The topological polar surface area (TPSA) is 83.3 Å². The Balaban J connectivity index is 1.71. The molecular formula is C21H27N5O2. The third-order valence-electron chi connectivity index (χ3n) is 4.72. The maximum Gasteiger partial charge on any atom is 0.227 e. The Kier molecular flexibility index (Phi) is 6.66. The van der Waals surface area contributed by atoms with E-state index in [9.17, 15) is 5.26 Å². The Labute approximate surface area is 166 Å². The van der Waals surface area contributed by atoms with Crippen LogP contribution in [0.4, 0.5) is 11.6 Å². The number of aromatic nitrogens is 2. The lowest BCUT2D eigenvalue weighted by Crippen LogP contribution is -2.26. The fourth-order valence-electron chi connectivity index (χ4n) is 3.37. The maximum absolute atomic E-state index is 9.52. The van der Waals surface area contributed by atoms with Gasteiger partial charge in [-0.25, -0.2) is 9.97 Å². The van der Waals surface area contributed by atoms with Crippen LogP contribution >= 0.6 is 0 Å². The van der Waals surface area contributed by atoms with Crippen LogP contribution in [-0.2, 0) is 0 Å². The zero-order valence-corrected chi connectivity index (χ0v) is 16.7. The minimum Gasteiger partial charge on any atom is -0.493 e. The van der Waals surface area contributed by atoms with E-state index in [-0.39, 0.29) is 0 Å². The second-order valence-corrected chi connectivity index (χ2v) is 7.04. The molecule has 2 aromatic rings. The summed E-state index contributed by atoms with van der Waals surface area (Å²) >= 11 is 0. The highest BCUT2D eigenvalue weighted by molar-refractivity contribution is 5.60. The molecule has 0 spiro atoms. The highest BCUT2D eigenvalue weighted by Crippen LogP contribution is 2.32. The lowest BCUT2D eigenvalue weighted by Gasteiger charge is -2.19. The predicted octanol–water partition coefficient (Wildman–Crippen LogP) is 3.60. The zero-order valence-electron chi connectivity index (χ0n) is 16.7. The number of nitriles is 1. The Morgan fingerprint density at radius 3 is 2.50 bits per heavy atom. The van der Waals surface area contributed by atoms with Crippen LogP contribution in [0.1, 0.15) is 30.7 Å². The van der Waals surface area contributed by atoms with E-state index in [0.29, 0.717) is 23.9 Å². The van der Waals surface area contributed by atoms with Crippen molar-refractivity contribution < 1.29 is 9.47 Å². The number of hydrogen-bond acceptors (Lipinski definition) is 7. The summed E-state index contributed by atoms with van der Waals surface area (Å²) < 4.78 is 11.4. The van der Waals surface area contributed by atoms with Crippen molar-refractivity contribution in [3.8, 4) is 17.6 Å². The SMILES string of the molecule is COc1ccc(Nc2nc(C)cc(C)n2)cc1OC(C#N)CCN1CCCC1. The molecule has 1 fully saturated rings. The first-order chi connectivity index (χ1) is 13.6. The summed E-state index contributed by atoms with van der Waals surface area (Å²) in [7, 11) is 1.59. The molecule has 0 bridgehead atoms. The Bertz CT molecular complexity index is 823. The average molecular weight is 381 g/mol. The van der Waals surface area contributed by atoms with Crippen LogP contribution in [-0.4, -0.2) is 47.7 Å². The van der Waals surface area contributed by atoms with E-state index < -0.39 is 6.10 Å². The van der Waals surface area contributed by atoms with Gasteiger partial charge >= 0.3 is 0 Å². The summed E-state index contributed by atoms with van der Waals surface area (Å²) in [4.78, 5) is 11.2. The van der Waals surface area contributed by atoms with Crippen molar-refractivity contribution in [2.24, 2.45) is 0 Å². The van der Waals surface area contributed by atoms with Crippen LogP contribution in [0.5, 0.6) is 11.5 Å². The molecule has 0 saturated carbocycles. The molecule has 0 amide bonds. The molecule has 0 radical (unpaired) electrons. The number of methoxy groups -OCH3 is 1. The number of anilines is 2. The van der Waals surface area contributed by atoms with E-state index >= 15 is 0 Å². The summed E-state index contributed by atoms with van der Waals surface area (Å²) in [6, 6.07) is 9.69. The minimum absolute atomic E-state index is 0.526. The Morgan fingerprint density at radius 2 is 1.86 bits per heavy atom. The Morgan fingerprint density at radius 1 is 1.14 bits per heavy atom. The largest absolute Gasteiger partial charge is 0.493 e. The van der Waals surface area contributed by atoms with Gasteiger partial charge in [0.1, 0.15) is 6.07 Å². The summed E-state index contributed by atoms with van der Waals surface area (Å²) in [5.41, 5.74) is 2.56. The predicted molar refractivity (Wildman–Crippen MR) is 108 cm³/mol. The standard InChI is InChI=1S/C21H27N5O2/c1-15-12-16(2)24-21(23-15)25-17-6-7-19(27-3)20(13-17)28-18(14-22)8-11-26-9-4-5-10-26/h6-7,12-13,18H,4-5,8-11H2,1-3H3,(H,23,24,25). The van der Waals surface area contributed by atoms with Crippen molar-refractivity contribution in [3.05, 3.63) is 35.7 Å². The molecule has 1 aliphatic heterocycles. The van der Waals surface area contributed by atoms with Crippen LogP contribution in [0.15, 0.2) is 24.3 Å². The highest BCUT2D eigenvalue weighted by atomic mass is 16.5. The quantitative estimate of drug-likeness (QED) is 0.748. The molecule has 0 aliphatic carbocycles. The van der Waals surface area contributed by atoms with Crippen LogP contribution in [0.3, 0.4) is 0 Å². The first kappa shape index (κ1) is 19.9. The van der Waals surface area contributed by atoms with Gasteiger partial charge < -0.3 is 19.7 Å². The molecule has 7 heteroatoms. The van der Waals surface area contributed by atoms with E-state index in [1.807, 2.05) is 38.1 Å². The third-order valence-corrected chi connectivity index (χ3v) is 4.72.